The molecule has 2 aromatic carbocycles. The smallest absolute Gasteiger partial charge is 0.0517 e. The third kappa shape index (κ3) is 4.08. The maximum absolute atomic E-state index is 3.48. The average molecular weight is 273 g/mol. The third-order valence-corrected chi connectivity index (χ3v) is 3.57. The monoisotopic (exact) mass is 273 g/mol. The summed E-state index contributed by atoms with van der Waals surface area (Å²) in [6.45, 7) is 0. The molecular formula is C20H19N. The standard InChI is InChI=1S/C20H19N/c1(5-11-17-12-6-3-7-13-17)2-10-16-19-20(21-19)18-14-8-4-9-15-18/h3-4,6-10,12-16,19-21H,1-2H2/b16-10+/t19-,20+/m1/s1. The second-order valence-corrected chi connectivity index (χ2v) is 5.22. The van der Waals surface area contributed by atoms with Crippen LogP contribution in [0.25, 0.3) is 0 Å². The molecule has 0 radical (unpaired) electrons. The van der Waals surface area contributed by atoms with Crippen LogP contribution in [-0.2, 0) is 0 Å². The normalized spacial score (nSPS) is 20.0. The van der Waals surface area contributed by atoms with Crippen molar-refractivity contribution < 1.29 is 0 Å². The maximum Gasteiger partial charge on any atom is 0.0517 e. The van der Waals surface area contributed by atoms with Gasteiger partial charge in [0.05, 0.1) is 6.04 Å². The number of unbranched alkanes of at least 4 members (excludes halogenated alkanes) is 1. The van der Waals surface area contributed by atoms with Crippen molar-refractivity contribution in [3.05, 3.63) is 83.9 Å². The van der Waals surface area contributed by atoms with Gasteiger partial charge >= 0.3 is 0 Å². The first-order chi connectivity index (χ1) is 10.4. The first-order valence-electron chi connectivity index (χ1n) is 7.45. The van der Waals surface area contributed by atoms with Crippen LogP contribution in [0.15, 0.2) is 72.8 Å². The van der Waals surface area contributed by atoms with E-state index in [4.69, 9.17) is 0 Å². The fraction of sp³-hybridized carbons (Fsp3) is 0.200. The first-order valence-corrected chi connectivity index (χ1v) is 7.45. The quantitative estimate of drug-likeness (QED) is 0.385. The predicted octanol–water partition coefficient (Wildman–Crippen LogP) is 4.09. The lowest BCUT2D eigenvalue weighted by molar-refractivity contribution is 1.05. The average Bonchev–Trinajstić information content (AvgIpc) is 3.32. The van der Waals surface area contributed by atoms with Crippen molar-refractivity contribution in [2.24, 2.45) is 0 Å². The molecule has 0 amide bonds. The molecule has 0 saturated carbocycles. The van der Waals surface area contributed by atoms with Crippen LogP contribution in [0.3, 0.4) is 0 Å². The number of benzene rings is 2. The van der Waals surface area contributed by atoms with Crippen LogP contribution in [-0.4, -0.2) is 6.04 Å². The molecule has 1 aliphatic heterocycles. The zero-order chi connectivity index (χ0) is 14.3. The van der Waals surface area contributed by atoms with Gasteiger partial charge in [0, 0.05) is 18.0 Å². The number of rotatable bonds is 4. The summed E-state index contributed by atoms with van der Waals surface area (Å²) in [6, 6.07) is 21.7. The Morgan fingerprint density at radius 2 is 1.67 bits per heavy atom. The van der Waals surface area contributed by atoms with Gasteiger partial charge in [-0.3, -0.25) is 0 Å². The molecule has 1 heteroatoms. The highest BCUT2D eigenvalue weighted by atomic mass is 15.1. The Hall–Kier alpha value is -2.30. The summed E-state index contributed by atoms with van der Waals surface area (Å²) in [5, 5.41) is 3.48. The Bertz CT molecular complexity index is 646. The van der Waals surface area contributed by atoms with Gasteiger partial charge in [-0.25, -0.2) is 0 Å². The largest absolute Gasteiger partial charge is 0.300 e. The van der Waals surface area contributed by atoms with Crippen molar-refractivity contribution in [1.29, 1.82) is 0 Å². The Kier molecular flexibility index (Phi) is 4.51. The van der Waals surface area contributed by atoms with Gasteiger partial charge in [-0.15, -0.1) is 0 Å². The van der Waals surface area contributed by atoms with Gasteiger partial charge in [0.2, 0.25) is 0 Å². The van der Waals surface area contributed by atoms with Gasteiger partial charge in [-0.2, -0.15) is 0 Å². The van der Waals surface area contributed by atoms with Crippen molar-refractivity contribution in [2.45, 2.75) is 24.9 Å². The van der Waals surface area contributed by atoms with Crippen molar-refractivity contribution >= 4 is 0 Å². The first kappa shape index (κ1) is 13.7. The van der Waals surface area contributed by atoms with Gasteiger partial charge in [-0.05, 0) is 24.1 Å². The van der Waals surface area contributed by atoms with E-state index < -0.39 is 0 Å². The molecule has 0 spiro atoms. The highest BCUT2D eigenvalue weighted by molar-refractivity contribution is 5.33. The minimum atomic E-state index is 0.495. The van der Waals surface area contributed by atoms with Crippen LogP contribution in [0.2, 0.25) is 0 Å². The van der Waals surface area contributed by atoms with E-state index in [1.54, 1.807) is 0 Å². The highest BCUT2D eigenvalue weighted by Gasteiger charge is 2.34. The second-order valence-electron chi connectivity index (χ2n) is 5.22. The third-order valence-electron chi connectivity index (χ3n) is 3.57. The van der Waals surface area contributed by atoms with E-state index in [-0.39, 0.29) is 0 Å². The Morgan fingerprint density at radius 1 is 0.952 bits per heavy atom. The molecule has 3 rings (SSSR count). The fourth-order valence-electron chi connectivity index (χ4n) is 2.37. The van der Waals surface area contributed by atoms with E-state index in [1.165, 1.54) is 5.56 Å². The second kappa shape index (κ2) is 6.92. The summed E-state index contributed by atoms with van der Waals surface area (Å²) in [5.41, 5.74) is 2.46. The van der Waals surface area contributed by atoms with Crippen LogP contribution < -0.4 is 5.32 Å². The molecule has 1 heterocycles. The van der Waals surface area contributed by atoms with Crippen LogP contribution in [0.1, 0.15) is 30.0 Å². The number of nitrogens with one attached hydrogen (secondary N) is 1. The molecule has 1 nitrogen and oxygen atoms in total. The summed E-state index contributed by atoms with van der Waals surface area (Å²) >= 11 is 0. The summed E-state index contributed by atoms with van der Waals surface area (Å²) in [7, 11) is 0. The van der Waals surface area contributed by atoms with Gasteiger partial charge in [0.1, 0.15) is 0 Å². The Morgan fingerprint density at radius 3 is 2.43 bits per heavy atom. The lowest BCUT2D eigenvalue weighted by Gasteiger charge is -1.93. The van der Waals surface area contributed by atoms with Gasteiger partial charge in [0.25, 0.3) is 0 Å². The minimum absolute atomic E-state index is 0.495. The van der Waals surface area contributed by atoms with E-state index in [1.807, 2.05) is 30.3 Å². The molecular weight excluding hydrogens is 254 g/mol. The van der Waals surface area contributed by atoms with Crippen LogP contribution in [0.4, 0.5) is 0 Å². The molecule has 104 valence electrons. The predicted molar refractivity (Wildman–Crippen MR) is 87.8 cm³/mol. The van der Waals surface area contributed by atoms with Gasteiger partial charge < -0.3 is 5.32 Å². The van der Waals surface area contributed by atoms with Crippen LogP contribution >= 0.6 is 0 Å². The molecule has 0 bridgehead atoms. The number of hydrogen-bond donors (Lipinski definition) is 1. The molecule has 21 heavy (non-hydrogen) atoms. The van der Waals surface area contributed by atoms with Gasteiger partial charge in [-0.1, -0.05) is 72.5 Å². The summed E-state index contributed by atoms with van der Waals surface area (Å²) in [6.07, 6.45) is 6.43. The van der Waals surface area contributed by atoms with Crippen LogP contribution in [0, 0.1) is 11.8 Å². The minimum Gasteiger partial charge on any atom is -0.300 e. The molecule has 1 aliphatic rings. The zero-order valence-electron chi connectivity index (χ0n) is 12.0. The molecule has 1 fully saturated rings. The lowest BCUT2D eigenvalue weighted by Crippen LogP contribution is -1.83. The van der Waals surface area contributed by atoms with E-state index in [0.29, 0.717) is 12.1 Å². The van der Waals surface area contributed by atoms with E-state index in [0.717, 1.165) is 18.4 Å². The van der Waals surface area contributed by atoms with Gasteiger partial charge in [0.15, 0.2) is 0 Å². The molecule has 0 aliphatic carbocycles. The van der Waals surface area contributed by atoms with E-state index in [2.05, 4.69) is 59.6 Å². The Balaban J connectivity index is 1.40. The van der Waals surface area contributed by atoms with Crippen molar-refractivity contribution in [1.82, 2.24) is 5.32 Å². The molecule has 1 N–H and O–H groups in total. The molecule has 0 aromatic heterocycles. The molecule has 0 unspecified atom stereocenters. The van der Waals surface area contributed by atoms with Crippen molar-refractivity contribution in [3.8, 4) is 11.8 Å². The molecule has 2 aromatic rings. The maximum atomic E-state index is 3.48. The lowest BCUT2D eigenvalue weighted by atomic mass is 10.1. The molecule has 1 saturated heterocycles. The number of hydrogen-bond acceptors (Lipinski definition) is 1. The summed E-state index contributed by atoms with van der Waals surface area (Å²) in [4.78, 5) is 0. The highest BCUT2D eigenvalue weighted by Crippen LogP contribution is 2.30. The van der Waals surface area contributed by atoms with Crippen LogP contribution in [0.5, 0.6) is 0 Å². The summed E-state index contributed by atoms with van der Waals surface area (Å²) < 4.78 is 0. The Labute approximate surface area is 126 Å². The molecule has 2 atom stereocenters. The van der Waals surface area contributed by atoms with E-state index in [9.17, 15) is 0 Å². The van der Waals surface area contributed by atoms with Crippen molar-refractivity contribution in [3.63, 3.8) is 0 Å². The fourth-order valence-corrected chi connectivity index (χ4v) is 2.37. The summed E-state index contributed by atoms with van der Waals surface area (Å²) in [5.74, 6) is 6.40. The topological polar surface area (TPSA) is 21.9 Å². The van der Waals surface area contributed by atoms with E-state index >= 15 is 0 Å². The SMILES string of the molecule is C(#Cc1ccccc1)CC/C=C/[C@H]1N[C@H]1c1ccccc1. The van der Waals surface area contributed by atoms with Crippen molar-refractivity contribution in [2.75, 3.05) is 0 Å². The number of allylic oxidation sites excluding steroid dienone is 1. The zero-order valence-corrected chi connectivity index (χ0v) is 12.0.